The number of ether oxygens (including phenoxy) is 3. The average molecular weight is 604 g/mol. The molecule has 0 N–H and O–H groups in total. The van der Waals surface area contributed by atoms with Crippen molar-refractivity contribution in [1.82, 2.24) is 4.90 Å². The first-order valence-corrected chi connectivity index (χ1v) is 13.9. The van der Waals surface area contributed by atoms with Crippen LogP contribution in [0.15, 0.2) is 40.9 Å². The van der Waals surface area contributed by atoms with Crippen LogP contribution in [-0.4, -0.2) is 54.5 Å². The number of rotatable bonds is 5. The Labute approximate surface area is 239 Å². The highest BCUT2D eigenvalue weighted by molar-refractivity contribution is 9.10. The Kier molecular flexibility index (Phi) is 9.36. The number of anilines is 1. The van der Waals surface area contributed by atoms with Crippen LogP contribution in [-0.2, 0) is 19.0 Å². The molecule has 39 heavy (non-hydrogen) atoms. The molecule has 2 aromatic carbocycles. The molecule has 8 nitrogen and oxygen atoms in total. The highest BCUT2D eigenvalue weighted by atomic mass is 79.9. The lowest BCUT2D eigenvalue weighted by Crippen LogP contribution is -2.41. The average Bonchev–Trinajstić information content (AvgIpc) is 2.93. The Morgan fingerprint density at radius 2 is 1.72 bits per heavy atom. The molecule has 0 aromatic heterocycles. The van der Waals surface area contributed by atoms with Crippen molar-refractivity contribution in [3.63, 3.8) is 0 Å². The Hall–Kier alpha value is -3.07. The number of carbonyl (C=O) groups excluding carboxylic acids is 3. The van der Waals surface area contributed by atoms with Crippen LogP contribution in [0.5, 0.6) is 0 Å². The third kappa shape index (κ3) is 7.97. The first kappa shape index (κ1) is 30.5. The third-order valence-corrected chi connectivity index (χ3v) is 7.14. The van der Waals surface area contributed by atoms with E-state index in [1.54, 1.807) is 58.4 Å². The van der Waals surface area contributed by atoms with Gasteiger partial charge in [-0.2, -0.15) is 0 Å². The van der Waals surface area contributed by atoms with Gasteiger partial charge >= 0.3 is 12.2 Å². The zero-order chi connectivity index (χ0) is 29.1. The minimum atomic E-state index is -0.808. The molecule has 1 aliphatic rings. The molecule has 0 spiro atoms. The molecule has 1 unspecified atom stereocenters. The summed E-state index contributed by atoms with van der Waals surface area (Å²) >= 11 is 3.60. The van der Waals surface area contributed by atoms with Crippen molar-refractivity contribution in [3.05, 3.63) is 52.0 Å². The molecule has 0 saturated heterocycles. The standard InChI is InChI=1S/C30H39BrN2O6/c1-19-21(10-9-11-23(19)31)20-12-13-22-24(14-15-26(34)32(8)25(22)18-20)33(27(35)38-29(2,3)4)16-17-37-28(36)39-30(5,6)7/h9-13,18,24H,14-17H2,1-8H3. The fourth-order valence-corrected chi connectivity index (χ4v) is 4.81. The van der Waals surface area contributed by atoms with E-state index in [2.05, 4.69) is 15.9 Å². The summed E-state index contributed by atoms with van der Waals surface area (Å²) in [5, 5.41) is 0. The maximum atomic E-state index is 13.4. The van der Waals surface area contributed by atoms with E-state index in [0.717, 1.165) is 32.4 Å². The van der Waals surface area contributed by atoms with Gasteiger partial charge in [-0.25, -0.2) is 9.59 Å². The second kappa shape index (κ2) is 12.0. The molecular weight excluding hydrogens is 564 g/mol. The number of halogens is 1. The summed E-state index contributed by atoms with van der Waals surface area (Å²) in [6.07, 6.45) is -0.711. The fraction of sp³-hybridized carbons (Fsp3) is 0.500. The van der Waals surface area contributed by atoms with E-state index in [4.69, 9.17) is 14.2 Å². The molecule has 0 bridgehead atoms. The van der Waals surface area contributed by atoms with Crippen molar-refractivity contribution in [3.8, 4) is 11.1 Å². The SMILES string of the molecule is Cc1c(Br)cccc1-c1ccc2c(c1)N(C)C(=O)CCC2N(CCOC(=O)OC(C)(C)C)C(=O)OC(C)(C)C. The van der Waals surface area contributed by atoms with Crippen LogP contribution >= 0.6 is 15.9 Å². The van der Waals surface area contributed by atoms with Crippen LogP contribution in [0.4, 0.5) is 15.3 Å². The van der Waals surface area contributed by atoms with Crippen molar-refractivity contribution >= 4 is 39.8 Å². The molecule has 0 fully saturated rings. The van der Waals surface area contributed by atoms with Crippen molar-refractivity contribution in [2.75, 3.05) is 25.1 Å². The number of hydrogen-bond donors (Lipinski definition) is 0. The molecule has 212 valence electrons. The van der Waals surface area contributed by atoms with Crippen LogP contribution < -0.4 is 4.90 Å². The lowest BCUT2D eigenvalue weighted by Gasteiger charge is -2.34. The summed E-state index contributed by atoms with van der Waals surface area (Å²) < 4.78 is 17.3. The van der Waals surface area contributed by atoms with Crippen LogP contribution in [0.25, 0.3) is 11.1 Å². The number of hydrogen-bond acceptors (Lipinski definition) is 6. The van der Waals surface area contributed by atoms with Crippen LogP contribution in [0.2, 0.25) is 0 Å². The molecule has 9 heteroatoms. The number of amides is 2. The summed E-state index contributed by atoms with van der Waals surface area (Å²) in [6.45, 7) is 12.7. The van der Waals surface area contributed by atoms with Gasteiger partial charge in [-0.1, -0.05) is 40.2 Å². The molecule has 1 heterocycles. The Morgan fingerprint density at radius 1 is 1.05 bits per heavy atom. The summed E-state index contributed by atoms with van der Waals surface area (Å²) in [4.78, 5) is 41.8. The van der Waals surface area contributed by atoms with Gasteiger partial charge in [-0.15, -0.1) is 0 Å². The van der Waals surface area contributed by atoms with E-state index >= 15 is 0 Å². The monoisotopic (exact) mass is 602 g/mol. The van der Waals surface area contributed by atoms with E-state index in [9.17, 15) is 14.4 Å². The maximum absolute atomic E-state index is 13.4. The number of fused-ring (bicyclic) bond motifs is 1. The fourth-order valence-electron chi connectivity index (χ4n) is 4.45. The molecule has 0 radical (unpaired) electrons. The smallest absolute Gasteiger partial charge is 0.444 e. The van der Waals surface area contributed by atoms with Gasteiger partial charge in [0.1, 0.15) is 17.8 Å². The summed E-state index contributed by atoms with van der Waals surface area (Å²) in [5.74, 6) is -0.0454. The zero-order valence-corrected chi connectivity index (χ0v) is 25.7. The predicted octanol–water partition coefficient (Wildman–Crippen LogP) is 7.41. The van der Waals surface area contributed by atoms with E-state index in [1.807, 2.05) is 43.3 Å². The van der Waals surface area contributed by atoms with Crippen molar-refractivity contribution < 1.29 is 28.6 Å². The molecule has 2 amide bonds. The molecule has 1 aliphatic heterocycles. The minimum absolute atomic E-state index is 0.0454. The molecule has 2 aromatic rings. The van der Waals surface area contributed by atoms with Gasteiger partial charge in [0, 0.05) is 23.6 Å². The number of nitrogens with zero attached hydrogens (tertiary/aromatic N) is 2. The zero-order valence-electron chi connectivity index (χ0n) is 24.1. The molecule has 3 rings (SSSR count). The van der Waals surface area contributed by atoms with Gasteiger partial charge in [0.15, 0.2) is 0 Å². The Balaban J connectivity index is 2.00. The predicted molar refractivity (Wildman–Crippen MR) is 155 cm³/mol. The first-order valence-electron chi connectivity index (χ1n) is 13.1. The van der Waals surface area contributed by atoms with Gasteiger partial charge < -0.3 is 19.1 Å². The Bertz CT molecular complexity index is 1230. The molecule has 1 atom stereocenters. The normalized spacial score (nSPS) is 15.8. The van der Waals surface area contributed by atoms with Gasteiger partial charge in [0.25, 0.3) is 0 Å². The van der Waals surface area contributed by atoms with Crippen LogP contribution in [0, 0.1) is 6.92 Å². The van der Waals surface area contributed by atoms with Crippen molar-refractivity contribution in [2.24, 2.45) is 0 Å². The second-order valence-electron chi connectivity index (χ2n) is 11.7. The summed E-state index contributed by atoms with van der Waals surface area (Å²) in [5.41, 5.74) is 3.21. The van der Waals surface area contributed by atoms with E-state index < -0.39 is 29.5 Å². The lowest BCUT2D eigenvalue weighted by atomic mass is 9.94. The lowest BCUT2D eigenvalue weighted by molar-refractivity contribution is -0.118. The van der Waals surface area contributed by atoms with E-state index in [1.165, 1.54) is 0 Å². The Morgan fingerprint density at radius 3 is 2.36 bits per heavy atom. The van der Waals surface area contributed by atoms with Gasteiger partial charge in [-0.3, -0.25) is 9.69 Å². The van der Waals surface area contributed by atoms with Gasteiger partial charge in [0.2, 0.25) is 5.91 Å². The van der Waals surface area contributed by atoms with Gasteiger partial charge in [0.05, 0.1) is 12.6 Å². The van der Waals surface area contributed by atoms with Crippen LogP contribution in [0.1, 0.15) is 71.6 Å². The van der Waals surface area contributed by atoms with Crippen LogP contribution in [0.3, 0.4) is 0 Å². The third-order valence-electron chi connectivity index (χ3n) is 6.28. The number of carbonyl (C=O) groups is 3. The highest BCUT2D eigenvalue weighted by Crippen LogP contribution is 2.40. The minimum Gasteiger partial charge on any atom is -0.444 e. The second-order valence-corrected chi connectivity index (χ2v) is 12.5. The molecule has 0 saturated carbocycles. The van der Waals surface area contributed by atoms with Gasteiger partial charge in [-0.05, 0) is 89.3 Å². The number of benzene rings is 2. The van der Waals surface area contributed by atoms with E-state index in [0.29, 0.717) is 6.42 Å². The highest BCUT2D eigenvalue weighted by Gasteiger charge is 2.35. The largest absolute Gasteiger partial charge is 0.508 e. The quantitative estimate of drug-likeness (QED) is 0.331. The first-order chi connectivity index (χ1) is 18.1. The topological polar surface area (TPSA) is 85.4 Å². The van der Waals surface area contributed by atoms with Crippen molar-refractivity contribution in [1.29, 1.82) is 0 Å². The molecule has 0 aliphatic carbocycles. The maximum Gasteiger partial charge on any atom is 0.508 e. The summed E-state index contributed by atoms with van der Waals surface area (Å²) in [6, 6.07) is 11.5. The van der Waals surface area contributed by atoms with E-state index in [-0.39, 0.29) is 25.5 Å². The summed E-state index contributed by atoms with van der Waals surface area (Å²) in [7, 11) is 1.75. The van der Waals surface area contributed by atoms with Crippen molar-refractivity contribution in [2.45, 2.75) is 78.6 Å². The molecular formula is C30H39BrN2O6.